The van der Waals surface area contributed by atoms with Gasteiger partial charge in [-0.15, -0.1) is 0 Å². The first-order chi connectivity index (χ1) is 5.79. The Labute approximate surface area is 73.2 Å². The molecule has 0 fully saturated rings. The molecule has 1 N–H and O–H groups in total. The Morgan fingerprint density at radius 2 is 2.25 bits per heavy atom. The zero-order valence-corrected chi connectivity index (χ0v) is 7.54. The summed E-state index contributed by atoms with van der Waals surface area (Å²) in [4.78, 5) is 0. The zero-order valence-electron chi connectivity index (χ0n) is 7.54. The van der Waals surface area contributed by atoms with Crippen molar-refractivity contribution in [3.05, 3.63) is 35.7 Å². The lowest BCUT2D eigenvalue weighted by atomic mass is 10.0. The highest BCUT2D eigenvalue weighted by atomic mass is 15.5. The molecule has 0 radical (unpaired) electrons. The van der Waals surface area contributed by atoms with Crippen LogP contribution < -0.4 is 5.43 Å². The van der Waals surface area contributed by atoms with E-state index in [0.29, 0.717) is 5.92 Å². The Bertz CT molecular complexity index is 272. The minimum Gasteiger partial charge on any atom is -0.284 e. The minimum absolute atomic E-state index is 0.633. The second kappa shape index (κ2) is 2.79. The number of hydrazine groups is 1. The smallest absolute Gasteiger partial charge is 0.0578 e. The Balaban J connectivity index is 2.34. The van der Waals surface area contributed by atoms with Crippen LogP contribution in [0.25, 0.3) is 0 Å². The summed E-state index contributed by atoms with van der Waals surface area (Å²) in [5.74, 6) is 0.633. The lowest BCUT2D eigenvalue weighted by Gasteiger charge is -2.17. The van der Waals surface area contributed by atoms with Crippen LogP contribution in [0.2, 0.25) is 0 Å². The maximum atomic E-state index is 3.31. The fraction of sp³-hybridized carbons (Fsp3) is 0.400. The number of nitrogens with zero attached hydrogens (tertiary/aromatic N) is 1. The van der Waals surface area contributed by atoms with Gasteiger partial charge in [0.25, 0.3) is 0 Å². The SMILES string of the molecule is CC(C)C1=C2C=CC=CN2NC1. The van der Waals surface area contributed by atoms with Gasteiger partial charge in [0, 0.05) is 12.7 Å². The zero-order chi connectivity index (χ0) is 8.55. The maximum absolute atomic E-state index is 3.31. The van der Waals surface area contributed by atoms with Gasteiger partial charge in [0.05, 0.1) is 5.70 Å². The number of allylic oxidation sites excluding steroid dienone is 3. The standard InChI is InChI=1S/C10H14N2/c1-8(2)9-7-11-12-6-4-3-5-10(9)12/h3-6,8,11H,7H2,1-2H3. The number of fused-ring (bicyclic) bond motifs is 1. The average Bonchev–Trinajstić information content (AvgIpc) is 2.47. The highest BCUT2D eigenvalue weighted by molar-refractivity contribution is 5.35. The van der Waals surface area contributed by atoms with Crippen molar-refractivity contribution in [3.8, 4) is 0 Å². The van der Waals surface area contributed by atoms with Crippen molar-refractivity contribution < 1.29 is 0 Å². The van der Waals surface area contributed by atoms with E-state index in [0.717, 1.165) is 6.54 Å². The van der Waals surface area contributed by atoms with Crippen molar-refractivity contribution >= 4 is 0 Å². The summed E-state index contributed by atoms with van der Waals surface area (Å²) >= 11 is 0. The summed E-state index contributed by atoms with van der Waals surface area (Å²) in [5, 5.41) is 2.09. The van der Waals surface area contributed by atoms with Gasteiger partial charge in [-0.3, -0.25) is 5.01 Å². The summed E-state index contributed by atoms with van der Waals surface area (Å²) in [7, 11) is 0. The van der Waals surface area contributed by atoms with E-state index in [9.17, 15) is 0 Å². The average molecular weight is 162 g/mol. The van der Waals surface area contributed by atoms with E-state index < -0.39 is 0 Å². The fourth-order valence-electron chi connectivity index (χ4n) is 1.60. The van der Waals surface area contributed by atoms with Crippen LogP contribution >= 0.6 is 0 Å². The summed E-state index contributed by atoms with van der Waals surface area (Å²) < 4.78 is 0. The molecule has 2 rings (SSSR count). The molecule has 64 valence electrons. The van der Waals surface area contributed by atoms with Crippen molar-refractivity contribution in [1.82, 2.24) is 10.4 Å². The predicted molar refractivity (Wildman–Crippen MR) is 50.0 cm³/mol. The fourth-order valence-corrected chi connectivity index (χ4v) is 1.60. The lowest BCUT2D eigenvalue weighted by molar-refractivity contribution is 0.395. The molecule has 0 aromatic carbocycles. The van der Waals surface area contributed by atoms with Crippen LogP contribution in [0.15, 0.2) is 35.7 Å². The molecule has 0 aromatic heterocycles. The molecule has 0 saturated heterocycles. The van der Waals surface area contributed by atoms with Crippen LogP contribution in [0, 0.1) is 5.92 Å². The summed E-state index contributed by atoms with van der Waals surface area (Å²) in [6.07, 6.45) is 8.35. The third-order valence-electron chi connectivity index (χ3n) is 2.33. The summed E-state index contributed by atoms with van der Waals surface area (Å²) in [6, 6.07) is 0. The molecule has 2 aliphatic rings. The van der Waals surface area contributed by atoms with E-state index in [2.05, 4.69) is 42.6 Å². The summed E-state index contributed by atoms with van der Waals surface area (Å²) in [5.41, 5.74) is 6.13. The van der Waals surface area contributed by atoms with Gasteiger partial charge in [0.15, 0.2) is 0 Å². The normalized spacial score (nSPS) is 21.1. The van der Waals surface area contributed by atoms with E-state index in [4.69, 9.17) is 0 Å². The first kappa shape index (κ1) is 7.62. The van der Waals surface area contributed by atoms with E-state index >= 15 is 0 Å². The molecule has 12 heavy (non-hydrogen) atoms. The minimum atomic E-state index is 0.633. The molecule has 0 aromatic rings. The molecule has 0 aliphatic carbocycles. The molecule has 0 atom stereocenters. The molecule has 0 bridgehead atoms. The Hall–Kier alpha value is -1.02. The van der Waals surface area contributed by atoms with E-state index in [1.165, 1.54) is 11.3 Å². The van der Waals surface area contributed by atoms with Gasteiger partial charge in [-0.05, 0) is 23.6 Å². The number of hydrogen-bond donors (Lipinski definition) is 1. The predicted octanol–water partition coefficient (Wildman–Crippen LogP) is 1.80. The molecule has 0 amide bonds. The lowest BCUT2D eigenvalue weighted by Crippen LogP contribution is -2.26. The molecule has 0 spiro atoms. The monoisotopic (exact) mass is 162 g/mol. The van der Waals surface area contributed by atoms with Crippen LogP contribution in [0.1, 0.15) is 13.8 Å². The summed E-state index contributed by atoms with van der Waals surface area (Å²) in [6.45, 7) is 5.46. The second-order valence-electron chi connectivity index (χ2n) is 3.47. The van der Waals surface area contributed by atoms with Gasteiger partial charge < -0.3 is 0 Å². The van der Waals surface area contributed by atoms with Crippen LogP contribution in [-0.4, -0.2) is 11.6 Å². The third-order valence-corrected chi connectivity index (χ3v) is 2.33. The van der Waals surface area contributed by atoms with Gasteiger partial charge >= 0.3 is 0 Å². The Morgan fingerprint density at radius 3 is 3.00 bits per heavy atom. The van der Waals surface area contributed by atoms with Crippen LogP contribution in [0.4, 0.5) is 0 Å². The second-order valence-corrected chi connectivity index (χ2v) is 3.47. The maximum Gasteiger partial charge on any atom is 0.0578 e. The molecule has 2 heteroatoms. The van der Waals surface area contributed by atoms with Gasteiger partial charge in [0.2, 0.25) is 0 Å². The Kier molecular flexibility index (Phi) is 1.77. The molecule has 2 heterocycles. The molecule has 0 unspecified atom stereocenters. The van der Waals surface area contributed by atoms with Crippen LogP contribution in [0.3, 0.4) is 0 Å². The number of hydrogen-bond acceptors (Lipinski definition) is 2. The van der Waals surface area contributed by atoms with Gasteiger partial charge in [0.1, 0.15) is 0 Å². The van der Waals surface area contributed by atoms with Gasteiger partial charge in [-0.25, -0.2) is 5.43 Å². The first-order valence-electron chi connectivity index (χ1n) is 4.39. The first-order valence-corrected chi connectivity index (χ1v) is 4.39. The number of rotatable bonds is 1. The van der Waals surface area contributed by atoms with Crippen LogP contribution in [-0.2, 0) is 0 Å². The Morgan fingerprint density at radius 1 is 1.42 bits per heavy atom. The van der Waals surface area contributed by atoms with E-state index in [-0.39, 0.29) is 0 Å². The molecule has 2 nitrogen and oxygen atoms in total. The molecule has 0 saturated carbocycles. The topological polar surface area (TPSA) is 15.3 Å². The van der Waals surface area contributed by atoms with E-state index in [1.807, 2.05) is 6.08 Å². The molecular formula is C10H14N2. The number of nitrogens with one attached hydrogen (secondary N) is 1. The highest BCUT2D eigenvalue weighted by Crippen LogP contribution is 2.24. The van der Waals surface area contributed by atoms with Crippen molar-refractivity contribution in [2.75, 3.05) is 6.54 Å². The molecule has 2 aliphatic heterocycles. The third kappa shape index (κ3) is 1.08. The highest BCUT2D eigenvalue weighted by Gasteiger charge is 2.21. The van der Waals surface area contributed by atoms with E-state index in [1.54, 1.807) is 0 Å². The van der Waals surface area contributed by atoms with Crippen molar-refractivity contribution in [3.63, 3.8) is 0 Å². The largest absolute Gasteiger partial charge is 0.284 e. The van der Waals surface area contributed by atoms with Crippen LogP contribution in [0.5, 0.6) is 0 Å². The van der Waals surface area contributed by atoms with Gasteiger partial charge in [-0.2, -0.15) is 0 Å². The van der Waals surface area contributed by atoms with Crippen molar-refractivity contribution in [2.45, 2.75) is 13.8 Å². The van der Waals surface area contributed by atoms with Gasteiger partial charge in [-0.1, -0.05) is 19.9 Å². The quantitative estimate of drug-likeness (QED) is 0.632. The molecular weight excluding hydrogens is 148 g/mol. The van der Waals surface area contributed by atoms with Crippen molar-refractivity contribution in [1.29, 1.82) is 0 Å². The van der Waals surface area contributed by atoms with Crippen molar-refractivity contribution in [2.24, 2.45) is 5.92 Å².